The second-order valence-corrected chi connectivity index (χ2v) is 10.2. The van der Waals surface area contributed by atoms with Crippen molar-refractivity contribution >= 4 is 46.5 Å². The van der Waals surface area contributed by atoms with Crippen LogP contribution in [-0.4, -0.2) is 39.0 Å². The Bertz CT molecular complexity index is 1790. The number of ether oxygens (including phenoxy) is 2. The third-order valence-electron chi connectivity index (χ3n) is 6.24. The van der Waals surface area contributed by atoms with E-state index in [2.05, 4.69) is 9.98 Å². The lowest BCUT2D eigenvalue weighted by Crippen LogP contribution is -2.36. The van der Waals surface area contributed by atoms with Crippen molar-refractivity contribution in [2.75, 3.05) is 7.11 Å². The van der Waals surface area contributed by atoms with E-state index in [9.17, 15) is 9.59 Å². The molecule has 0 spiro atoms. The number of methoxy groups -OCH3 is 1. The highest BCUT2D eigenvalue weighted by atomic mass is 16.6. The molecule has 0 bridgehead atoms. The number of aromatic nitrogens is 3. The zero-order valence-corrected chi connectivity index (χ0v) is 22.1. The van der Waals surface area contributed by atoms with E-state index < -0.39 is 11.6 Å². The van der Waals surface area contributed by atoms with Crippen molar-refractivity contribution < 1.29 is 14.3 Å². The van der Waals surface area contributed by atoms with Crippen LogP contribution in [0.5, 0.6) is 5.75 Å². The number of hydrogen-bond acceptors (Lipinski definition) is 5. The van der Waals surface area contributed by atoms with Crippen LogP contribution in [0.3, 0.4) is 0 Å². The van der Waals surface area contributed by atoms with Crippen molar-refractivity contribution in [1.82, 2.24) is 14.1 Å². The van der Waals surface area contributed by atoms with Gasteiger partial charge in [-0.25, -0.2) is 0 Å². The SMILES string of the molecule is COc1ccc2c(c1)c(/C=c1\[nH]c(=CC=C3C=Nc4ccccc43)n(CC(=O)OC(C)(C)C)c1=O)cn2C. The molecule has 2 aromatic heterocycles. The number of H-pyrrole nitrogens is 1. The van der Waals surface area contributed by atoms with Crippen LogP contribution in [0.2, 0.25) is 0 Å². The summed E-state index contributed by atoms with van der Waals surface area (Å²) >= 11 is 0. The number of carbonyl (C=O) groups excluding carboxylic acids is 1. The van der Waals surface area contributed by atoms with Crippen LogP contribution >= 0.6 is 0 Å². The fourth-order valence-electron chi connectivity index (χ4n) is 4.54. The molecule has 8 heteroatoms. The number of esters is 1. The van der Waals surface area contributed by atoms with Crippen LogP contribution in [0.25, 0.3) is 28.6 Å². The van der Waals surface area contributed by atoms with Crippen LogP contribution in [0.15, 0.2) is 64.5 Å². The second kappa shape index (κ2) is 9.70. The molecule has 0 amide bonds. The molecule has 8 nitrogen and oxygen atoms in total. The minimum absolute atomic E-state index is 0.219. The van der Waals surface area contributed by atoms with Gasteiger partial charge in [0.05, 0.1) is 12.8 Å². The van der Waals surface area contributed by atoms with Crippen molar-refractivity contribution in [1.29, 1.82) is 0 Å². The number of allylic oxidation sites excluding steroid dienone is 2. The molecule has 38 heavy (non-hydrogen) atoms. The summed E-state index contributed by atoms with van der Waals surface area (Å²) in [5.41, 5.74) is 4.18. The summed E-state index contributed by atoms with van der Waals surface area (Å²) in [4.78, 5) is 33.9. The molecule has 0 saturated heterocycles. The summed E-state index contributed by atoms with van der Waals surface area (Å²) < 4.78 is 14.3. The van der Waals surface area contributed by atoms with E-state index in [1.54, 1.807) is 46.2 Å². The molecule has 4 aromatic rings. The normalized spacial score (nSPS) is 15.0. The predicted octanol–water partition coefficient (Wildman–Crippen LogP) is 3.43. The third-order valence-corrected chi connectivity index (χ3v) is 6.24. The fourth-order valence-corrected chi connectivity index (χ4v) is 4.54. The van der Waals surface area contributed by atoms with E-state index in [-0.39, 0.29) is 12.1 Å². The maximum Gasteiger partial charge on any atom is 0.326 e. The van der Waals surface area contributed by atoms with Gasteiger partial charge in [0.2, 0.25) is 0 Å². The highest BCUT2D eigenvalue weighted by molar-refractivity contribution is 6.17. The van der Waals surface area contributed by atoms with Gasteiger partial charge in [-0.3, -0.25) is 19.1 Å². The van der Waals surface area contributed by atoms with Crippen LogP contribution in [0.1, 0.15) is 31.9 Å². The van der Waals surface area contributed by atoms with Gasteiger partial charge in [0, 0.05) is 47.1 Å². The lowest BCUT2D eigenvalue weighted by Gasteiger charge is -2.19. The smallest absolute Gasteiger partial charge is 0.326 e. The number of aliphatic imine (C=N–C) groups is 1. The van der Waals surface area contributed by atoms with Crippen LogP contribution in [-0.2, 0) is 23.1 Å². The number of imidazole rings is 1. The number of para-hydroxylation sites is 1. The fraction of sp³-hybridized carbons (Fsp3) is 0.233. The van der Waals surface area contributed by atoms with Gasteiger partial charge in [-0.15, -0.1) is 0 Å². The Morgan fingerprint density at radius 1 is 1.13 bits per heavy atom. The summed E-state index contributed by atoms with van der Waals surface area (Å²) in [7, 11) is 3.58. The van der Waals surface area contributed by atoms with Crippen molar-refractivity contribution in [3.63, 3.8) is 0 Å². The first-order valence-electron chi connectivity index (χ1n) is 12.3. The molecule has 0 saturated carbocycles. The number of hydrogen-bond donors (Lipinski definition) is 1. The minimum atomic E-state index is -0.663. The van der Waals surface area contributed by atoms with Gasteiger partial charge in [0.15, 0.2) is 0 Å². The number of nitrogens with zero attached hydrogens (tertiary/aromatic N) is 3. The number of fused-ring (bicyclic) bond motifs is 2. The molecular formula is C30H30N4O4. The van der Waals surface area contributed by atoms with Crippen LogP contribution < -0.4 is 21.1 Å². The molecule has 2 aromatic carbocycles. The van der Waals surface area contributed by atoms with Gasteiger partial charge in [-0.2, -0.15) is 0 Å². The van der Waals surface area contributed by atoms with Gasteiger partial charge in [0.25, 0.3) is 5.56 Å². The van der Waals surface area contributed by atoms with Gasteiger partial charge in [-0.05, 0) is 63.3 Å². The lowest BCUT2D eigenvalue weighted by atomic mass is 10.1. The van der Waals surface area contributed by atoms with Crippen molar-refractivity contribution in [3.8, 4) is 5.75 Å². The van der Waals surface area contributed by atoms with Crippen molar-refractivity contribution in [2.45, 2.75) is 32.9 Å². The quantitative estimate of drug-likeness (QED) is 0.417. The first-order valence-corrected chi connectivity index (χ1v) is 12.3. The number of rotatable bonds is 5. The third kappa shape index (κ3) is 4.98. The Hall–Kier alpha value is -4.59. The van der Waals surface area contributed by atoms with Gasteiger partial charge in [0.1, 0.15) is 28.7 Å². The topological polar surface area (TPSA) is 90.6 Å². The van der Waals surface area contributed by atoms with Gasteiger partial charge in [-0.1, -0.05) is 18.2 Å². The Morgan fingerprint density at radius 3 is 2.68 bits per heavy atom. The van der Waals surface area contributed by atoms with Crippen LogP contribution in [0.4, 0.5) is 5.69 Å². The molecule has 1 aliphatic heterocycles. The number of carbonyl (C=O) groups is 1. The number of benzene rings is 2. The first-order chi connectivity index (χ1) is 18.1. The Balaban J connectivity index is 1.65. The van der Waals surface area contributed by atoms with E-state index in [1.807, 2.05) is 66.4 Å². The average molecular weight is 511 g/mol. The maximum absolute atomic E-state index is 13.5. The van der Waals surface area contributed by atoms with Crippen LogP contribution in [0, 0.1) is 0 Å². The summed E-state index contributed by atoms with van der Waals surface area (Å²) in [6, 6.07) is 13.7. The van der Waals surface area contributed by atoms with Gasteiger partial charge < -0.3 is 19.0 Å². The van der Waals surface area contributed by atoms with E-state index in [1.165, 1.54) is 4.57 Å². The number of aromatic amines is 1. The Labute approximate surface area is 219 Å². The molecular weight excluding hydrogens is 480 g/mol. The van der Waals surface area contributed by atoms with Crippen molar-refractivity contribution in [2.24, 2.45) is 12.0 Å². The number of nitrogens with one attached hydrogen (secondary N) is 1. The molecule has 5 rings (SSSR count). The van der Waals surface area contributed by atoms with E-state index in [0.29, 0.717) is 10.8 Å². The monoisotopic (exact) mass is 510 g/mol. The molecule has 1 N–H and O–H groups in total. The van der Waals surface area contributed by atoms with Gasteiger partial charge >= 0.3 is 5.97 Å². The summed E-state index contributed by atoms with van der Waals surface area (Å²) in [5.74, 6) is 0.237. The summed E-state index contributed by atoms with van der Waals surface area (Å²) in [6.45, 7) is 5.18. The van der Waals surface area contributed by atoms with E-state index >= 15 is 0 Å². The predicted molar refractivity (Wildman–Crippen MR) is 150 cm³/mol. The number of aryl methyl sites for hydroxylation is 1. The van der Waals surface area contributed by atoms with E-state index in [4.69, 9.17) is 9.47 Å². The zero-order chi connectivity index (χ0) is 27.0. The summed E-state index contributed by atoms with van der Waals surface area (Å²) in [5, 5.41) is 1.31. The maximum atomic E-state index is 13.5. The zero-order valence-electron chi connectivity index (χ0n) is 22.1. The minimum Gasteiger partial charge on any atom is -0.497 e. The highest BCUT2D eigenvalue weighted by Crippen LogP contribution is 2.30. The average Bonchev–Trinajstić information content (AvgIpc) is 3.51. The highest BCUT2D eigenvalue weighted by Gasteiger charge is 2.18. The van der Waals surface area contributed by atoms with Crippen molar-refractivity contribution in [3.05, 3.63) is 87.0 Å². The van der Waals surface area contributed by atoms with E-state index in [0.717, 1.165) is 39.0 Å². The first kappa shape index (κ1) is 25.1. The molecule has 0 fully saturated rings. The Morgan fingerprint density at radius 2 is 1.92 bits per heavy atom. The largest absolute Gasteiger partial charge is 0.497 e. The molecule has 0 radical (unpaired) electrons. The second-order valence-electron chi connectivity index (χ2n) is 10.2. The Kier molecular flexibility index (Phi) is 6.40. The molecule has 0 atom stereocenters. The molecule has 0 unspecified atom stereocenters. The standard InChI is InChI=1S/C30H30N4O4/c1-30(2,3)38-28(35)18-34-27(13-10-19-16-31-24-9-7-6-8-22(19)24)32-25(29(34)36)14-20-17-33(4)26-12-11-21(37-5)15-23(20)26/h6-17,32H,18H2,1-5H3/b19-10?,25-14-,27-13?. The molecule has 0 aliphatic carbocycles. The lowest BCUT2D eigenvalue weighted by molar-refractivity contribution is -0.155. The summed E-state index contributed by atoms with van der Waals surface area (Å²) in [6.07, 6.45) is 9.22. The molecule has 3 heterocycles. The molecule has 1 aliphatic rings. The molecule has 194 valence electrons.